The van der Waals surface area contributed by atoms with E-state index in [1.54, 1.807) is 13.3 Å². The summed E-state index contributed by atoms with van der Waals surface area (Å²) >= 11 is 0. The molecule has 5 nitrogen and oxygen atoms in total. The van der Waals surface area contributed by atoms with Crippen LogP contribution in [-0.2, 0) is 12.6 Å². The molecule has 2 N–H and O–H groups in total. The van der Waals surface area contributed by atoms with Crippen LogP contribution in [0, 0.1) is 0 Å². The molecule has 0 amide bonds. The summed E-state index contributed by atoms with van der Waals surface area (Å²) in [4.78, 5) is 6.22. The molecule has 2 rings (SSSR count). The van der Waals surface area contributed by atoms with Crippen molar-refractivity contribution in [3.8, 4) is 0 Å². The summed E-state index contributed by atoms with van der Waals surface area (Å²) in [5.41, 5.74) is 0.192. The number of halogens is 3. The average Bonchev–Trinajstić information content (AvgIpc) is 3.14. The van der Waals surface area contributed by atoms with Gasteiger partial charge in [0, 0.05) is 20.1 Å². The Morgan fingerprint density at radius 3 is 2.37 bits per heavy atom. The molecule has 0 radical (unpaired) electrons. The lowest BCUT2D eigenvalue weighted by Gasteiger charge is -2.23. The SMILES string of the molecule is CN=C(NCCc1ccc(C(F)(F)F)cc1)NCC(c1ccco1)N(C)C. The Balaban J connectivity index is 1.82. The molecule has 0 saturated carbocycles. The van der Waals surface area contributed by atoms with Gasteiger partial charge in [0.05, 0.1) is 17.9 Å². The van der Waals surface area contributed by atoms with Gasteiger partial charge in [-0.3, -0.25) is 9.89 Å². The van der Waals surface area contributed by atoms with Crippen molar-refractivity contribution in [2.45, 2.75) is 18.6 Å². The Labute approximate surface area is 157 Å². The molecule has 0 bridgehead atoms. The summed E-state index contributed by atoms with van der Waals surface area (Å²) in [5, 5.41) is 6.41. The van der Waals surface area contributed by atoms with E-state index < -0.39 is 11.7 Å². The van der Waals surface area contributed by atoms with Gasteiger partial charge in [0.2, 0.25) is 0 Å². The quantitative estimate of drug-likeness (QED) is 0.570. The molecule has 1 aromatic carbocycles. The van der Waals surface area contributed by atoms with E-state index in [0.29, 0.717) is 25.5 Å². The van der Waals surface area contributed by atoms with Gasteiger partial charge in [0.1, 0.15) is 5.76 Å². The Bertz CT molecular complexity index is 710. The molecule has 0 fully saturated rings. The summed E-state index contributed by atoms with van der Waals surface area (Å²) in [7, 11) is 5.61. The maximum absolute atomic E-state index is 12.6. The number of alkyl halides is 3. The van der Waals surface area contributed by atoms with Crippen LogP contribution in [-0.4, -0.2) is 45.1 Å². The highest BCUT2D eigenvalue weighted by atomic mass is 19.4. The highest BCUT2D eigenvalue weighted by Gasteiger charge is 2.29. The fourth-order valence-corrected chi connectivity index (χ4v) is 2.62. The van der Waals surface area contributed by atoms with Gasteiger partial charge in [-0.1, -0.05) is 12.1 Å². The summed E-state index contributed by atoms with van der Waals surface area (Å²) in [6.07, 6.45) is -2.07. The van der Waals surface area contributed by atoms with E-state index in [1.165, 1.54) is 12.1 Å². The van der Waals surface area contributed by atoms with Crippen LogP contribution in [0.5, 0.6) is 0 Å². The Hall–Kier alpha value is -2.48. The van der Waals surface area contributed by atoms with Crippen LogP contribution in [0.15, 0.2) is 52.1 Å². The van der Waals surface area contributed by atoms with Gasteiger partial charge in [-0.25, -0.2) is 0 Å². The van der Waals surface area contributed by atoms with Crippen molar-refractivity contribution in [3.63, 3.8) is 0 Å². The first-order chi connectivity index (χ1) is 12.8. The van der Waals surface area contributed by atoms with E-state index in [4.69, 9.17) is 4.42 Å². The molecule has 1 heterocycles. The van der Waals surface area contributed by atoms with Gasteiger partial charge in [-0.05, 0) is 50.3 Å². The van der Waals surface area contributed by atoms with Crippen LogP contribution in [0.1, 0.15) is 22.9 Å². The summed E-state index contributed by atoms with van der Waals surface area (Å²) in [6, 6.07) is 9.03. The molecule has 0 saturated heterocycles. The lowest BCUT2D eigenvalue weighted by Crippen LogP contribution is -2.42. The van der Waals surface area contributed by atoms with Crippen LogP contribution in [0.3, 0.4) is 0 Å². The van der Waals surface area contributed by atoms with Crippen LogP contribution in [0.2, 0.25) is 0 Å². The fraction of sp³-hybridized carbons (Fsp3) is 0.421. The van der Waals surface area contributed by atoms with Crippen molar-refractivity contribution in [1.29, 1.82) is 0 Å². The zero-order valence-corrected chi connectivity index (χ0v) is 15.7. The molecule has 0 spiro atoms. The third-order valence-electron chi connectivity index (χ3n) is 4.17. The summed E-state index contributed by atoms with van der Waals surface area (Å²) < 4.78 is 43.2. The van der Waals surface area contributed by atoms with Gasteiger partial charge in [0.25, 0.3) is 0 Å². The van der Waals surface area contributed by atoms with Gasteiger partial charge in [-0.2, -0.15) is 13.2 Å². The number of guanidine groups is 1. The Morgan fingerprint density at radius 2 is 1.85 bits per heavy atom. The molecule has 0 aliphatic heterocycles. The lowest BCUT2D eigenvalue weighted by atomic mass is 10.1. The van der Waals surface area contributed by atoms with E-state index in [-0.39, 0.29) is 6.04 Å². The second-order valence-corrected chi connectivity index (χ2v) is 6.32. The maximum atomic E-state index is 12.6. The van der Waals surface area contributed by atoms with E-state index in [2.05, 4.69) is 15.6 Å². The standard InChI is InChI=1S/C19H25F3N4O/c1-23-18(25-13-16(26(2)3)17-5-4-12-27-17)24-11-10-14-6-8-15(9-7-14)19(20,21)22/h4-9,12,16H,10-11,13H2,1-3H3,(H2,23,24,25). The Morgan fingerprint density at radius 1 is 1.15 bits per heavy atom. The molecular weight excluding hydrogens is 357 g/mol. The minimum atomic E-state index is -4.31. The van der Waals surface area contributed by atoms with Crippen molar-refractivity contribution in [1.82, 2.24) is 15.5 Å². The molecule has 0 aliphatic rings. The smallest absolute Gasteiger partial charge is 0.416 e. The second-order valence-electron chi connectivity index (χ2n) is 6.32. The van der Waals surface area contributed by atoms with Gasteiger partial charge in [0.15, 0.2) is 5.96 Å². The number of likely N-dealkylation sites (N-methyl/N-ethyl adjacent to an activating group) is 1. The first kappa shape index (κ1) is 20.8. The van der Waals surface area contributed by atoms with Crippen molar-refractivity contribution in [2.75, 3.05) is 34.2 Å². The molecule has 27 heavy (non-hydrogen) atoms. The molecule has 0 aliphatic carbocycles. The molecule has 1 aromatic heterocycles. The first-order valence-electron chi connectivity index (χ1n) is 8.61. The van der Waals surface area contributed by atoms with Crippen LogP contribution >= 0.6 is 0 Å². The van der Waals surface area contributed by atoms with Crippen molar-refractivity contribution < 1.29 is 17.6 Å². The van der Waals surface area contributed by atoms with E-state index >= 15 is 0 Å². The first-order valence-corrected chi connectivity index (χ1v) is 8.61. The van der Waals surface area contributed by atoms with E-state index in [9.17, 15) is 13.2 Å². The second kappa shape index (κ2) is 9.45. The molecule has 8 heteroatoms. The lowest BCUT2D eigenvalue weighted by molar-refractivity contribution is -0.137. The van der Waals surface area contributed by atoms with Gasteiger partial charge >= 0.3 is 6.18 Å². The molecule has 1 unspecified atom stereocenters. The van der Waals surface area contributed by atoms with Crippen molar-refractivity contribution >= 4 is 5.96 Å². The van der Waals surface area contributed by atoms with Gasteiger partial charge in [-0.15, -0.1) is 0 Å². The number of nitrogens with zero attached hydrogens (tertiary/aromatic N) is 2. The zero-order valence-electron chi connectivity index (χ0n) is 15.7. The number of hydrogen-bond donors (Lipinski definition) is 2. The molecule has 1 atom stereocenters. The number of nitrogens with one attached hydrogen (secondary N) is 2. The average molecular weight is 382 g/mol. The topological polar surface area (TPSA) is 52.8 Å². The van der Waals surface area contributed by atoms with Crippen LogP contribution in [0.4, 0.5) is 13.2 Å². The number of aliphatic imine (C=N–C) groups is 1. The number of furan rings is 1. The predicted octanol–water partition coefficient (Wildman–Crippen LogP) is 3.31. The highest BCUT2D eigenvalue weighted by molar-refractivity contribution is 5.79. The summed E-state index contributed by atoms with van der Waals surface area (Å²) in [6.45, 7) is 1.15. The third-order valence-corrected chi connectivity index (χ3v) is 4.17. The van der Waals surface area contributed by atoms with Crippen LogP contribution < -0.4 is 10.6 Å². The molecule has 2 aromatic rings. The van der Waals surface area contributed by atoms with Crippen molar-refractivity contribution in [3.05, 3.63) is 59.5 Å². The minimum absolute atomic E-state index is 0.0495. The number of rotatable bonds is 7. The van der Waals surface area contributed by atoms with Crippen LogP contribution in [0.25, 0.3) is 0 Å². The normalized spacial score (nSPS) is 13.7. The molecule has 148 valence electrons. The maximum Gasteiger partial charge on any atom is 0.416 e. The molecular formula is C19H25F3N4O. The van der Waals surface area contributed by atoms with E-state index in [1.807, 2.05) is 31.1 Å². The Kier molecular flexibility index (Phi) is 7.29. The summed E-state index contributed by atoms with van der Waals surface area (Å²) in [5.74, 6) is 1.48. The monoisotopic (exact) mass is 382 g/mol. The number of hydrogen-bond acceptors (Lipinski definition) is 3. The highest BCUT2D eigenvalue weighted by Crippen LogP contribution is 2.29. The third kappa shape index (κ3) is 6.32. The van der Waals surface area contributed by atoms with Crippen molar-refractivity contribution in [2.24, 2.45) is 4.99 Å². The number of benzene rings is 1. The van der Waals surface area contributed by atoms with Gasteiger partial charge < -0.3 is 15.1 Å². The van der Waals surface area contributed by atoms with E-state index in [0.717, 1.165) is 23.5 Å². The zero-order chi connectivity index (χ0) is 19.9. The minimum Gasteiger partial charge on any atom is -0.468 e. The largest absolute Gasteiger partial charge is 0.468 e. The predicted molar refractivity (Wildman–Crippen MR) is 99.6 cm³/mol. The fourth-order valence-electron chi connectivity index (χ4n) is 2.62.